The number of hydrogen-bond acceptors (Lipinski definition) is 5. The Labute approximate surface area is 163 Å². The monoisotopic (exact) mass is 391 g/mol. The molecule has 0 aromatic heterocycles. The molecule has 0 fully saturated rings. The first-order valence-corrected chi connectivity index (χ1v) is 8.90. The van der Waals surface area contributed by atoms with Crippen molar-refractivity contribution in [3.05, 3.63) is 53.1 Å². The third-order valence-corrected chi connectivity index (χ3v) is 3.91. The molecular weight excluding hydrogens is 370 g/mol. The molecule has 0 spiro atoms. The van der Waals surface area contributed by atoms with E-state index in [4.69, 9.17) is 25.8 Å². The van der Waals surface area contributed by atoms with E-state index in [1.165, 1.54) is 7.11 Å². The Hall–Kier alpha value is -2.73. The van der Waals surface area contributed by atoms with Gasteiger partial charge in [-0.3, -0.25) is 4.79 Å². The molecule has 0 heterocycles. The summed E-state index contributed by atoms with van der Waals surface area (Å²) in [4.78, 5) is 24.1. The molecule has 0 aliphatic rings. The van der Waals surface area contributed by atoms with Gasteiger partial charge in [0.25, 0.3) is 5.91 Å². The third-order valence-electron chi connectivity index (χ3n) is 3.62. The van der Waals surface area contributed by atoms with Crippen LogP contribution in [0.15, 0.2) is 42.5 Å². The van der Waals surface area contributed by atoms with Gasteiger partial charge < -0.3 is 19.5 Å². The van der Waals surface area contributed by atoms with Crippen LogP contribution in [0.25, 0.3) is 0 Å². The van der Waals surface area contributed by atoms with Crippen LogP contribution >= 0.6 is 11.6 Å². The standard InChI is InChI=1S/C20H22ClNO5/c1-4-11-26-20(24)13(2)27-16-8-5-14(6-9-16)19(23)22-15-7-10-18(25-3)17(21)12-15/h5-10,12-13H,4,11H2,1-3H3,(H,22,23)/t13-/m0/s1. The van der Waals surface area contributed by atoms with Crippen molar-refractivity contribution in [1.82, 2.24) is 0 Å². The fourth-order valence-corrected chi connectivity index (χ4v) is 2.46. The van der Waals surface area contributed by atoms with Gasteiger partial charge >= 0.3 is 5.97 Å². The maximum atomic E-state index is 12.3. The number of carbonyl (C=O) groups is 2. The summed E-state index contributed by atoms with van der Waals surface area (Å²) in [5, 5.41) is 3.16. The van der Waals surface area contributed by atoms with Crippen LogP contribution in [-0.4, -0.2) is 31.7 Å². The van der Waals surface area contributed by atoms with Gasteiger partial charge in [0.15, 0.2) is 6.10 Å². The number of carbonyl (C=O) groups excluding carboxylic acids is 2. The van der Waals surface area contributed by atoms with E-state index in [9.17, 15) is 9.59 Å². The van der Waals surface area contributed by atoms with E-state index in [0.717, 1.165) is 6.42 Å². The Morgan fingerprint density at radius 2 is 1.85 bits per heavy atom. The molecule has 0 aliphatic heterocycles. The maximum Gasteiger partial charge on any atom is 0.347 e. The second kappa shape index (κ2) is 9.83. The summed E-state index contributed by atoms with van der Waals surface area (Å²) in [5.41, 5.74) is 0.994. The first-order chi connectivity index (χ1) is 12.9. The summed E-state index contributed by atoms with van der Waals surface area (Å²) >= 11 is 6.05. The van der Waals surface area contributed by atoms with E-state index in [2.05, 4.69) is 5.32 Å². The quantitative estimate of drug-likeness (QED) is 0.678. The lowest BCUT2D eigenvalue weighted by Gasteiger charge is -2.14. The molecule has 6 nitrogen and oxygen atoms in total. The van der Waals surface area contributed by atoms with Crippen molar-refractivity contribution < 1.29 is 23.8 Å². The largest absolute Gasteiger partial charge is 0.495 e. The van der Waals surface area contributed by atoms with Crippen LogP contribution in [0.1, 0.15) is 30.6 Å². The van der Waals surface area contributed by atoms with Crippen molar-refractivity contribution in [3.63, 3.8) is 0 Å². The van der Waals surface area contributed by atoms with Crippen LogP contribution in [0.3, 0.4) is 0 Å². The molecule has 2 rings (SSSR count). The highest BCUT2D eigenvalue weighted by Crippen LogP contribution is 2.27. The first-order valence-electron chi connectivity index (χ1n) is 8.52. The van der Waals surface area contributed by atoms with Crippen molar-refractivity contribution in [1.29, 1.82) is 0 Å². The van der Waals surface area contributed by atoms with Gasteiger partial charge in [-0.25, -0.2) is 4.79 Å². The molecule has 1 amide bonds. The molecule has 2 aromatic carbocycles. The summed E-state index contributed by atoms with van der Waals surface area (Å²) in [6.07, 6.45) is 0.0273. The normalized spacial score (nSPS) is 11.4. The predicted octanol–water partition coefficient (Wildman–Crippen LogP) is 4.32. The Morgan fingerprint density at radius 1 is 1.15 bits per heavy atom. The second-order valence-corrected chi connectivity index (χ2v) is 6.16. The number of anilines is 1. The van der Waals surface area contributed by atoms with Crippen molar-refractivity contribution in [3.8, 4) is 11.5 Å². The van der Waals surface area contributed by atoms with Crippen molar-refractivity contribution in [2.24, 2.45) is 0 Å². The van der Waals surface area contributed by atoms with Crippen LogP contribution in [0.5, 0.6) is 11.5 Å². The fourth-order valence-electron chi connectivity index (χ4n) is 2.20. The van der Waals surface area contributed by atoms with Gasteiger partial charge in [0.1, 0.15) is 11.5 Å². The highest BCUT2D eigenvalue weighted by Gasteiger charge is 2.16. The smallest absolute Gasteiger partial charge is 0.347 e. The molecule has 0 saturated carbocycles. The Balaban J connectivity index is 1.96. The SMILES string of the molecule is CCCOC(=O)[C@H](C)Oc1ccc(C(=O)Nc2ccc(OC)c(Cl)c2)cc1. The van der Waals surface area contributed by atoms with Gasteiger partial charge in [0.05, 0.1) is 18.7 Å². The van der Waals surface area contributed by atoms with Crippen LogP contribution in [0, 0.1) is 0 Å². The molecule has 144 valence electrons. The molecule has 1 atom stereocenters. The number of hydrogen-bond donors (Lipinski definition) is 1. The minimum Gasteiger partial charge on any atom is -0.495 e. The zero-order valence-corrected chi connectivity index (χ0v) is 16.2. The van der Waals surface area contributed by atoms with Gasteiger partial charge in [0, 0.05) is 11.3 Å². The van der Waals surface area contributed by atoms with Crippen LogP contribution in [-0.2, 0) is 9.53 Å². The maximum absolute atomic E-state index is 12.3. The molecule has 27 heavy (non-hydrogen) atoms. The minimum absolute atomic E-state index is 0.293. The van der Waals surface area contributed by atoms with Crippen LogP contribution in [0.4, 0.5) is 5.69 Å². The zero-order valence-electron chi connectivity index (χ0n) is 15.5. The number of nitrogens with one attached hydrogen (secondary N) is 1. The highest BCUT2D eigenvalue weighted by molar-refractivity contribution is 6.32. The number of benzene rings is 2. The average molecular weight is 392 g/mol. The topological polar surface area (TPSA) is 73.9 Å². The highest BCUT2D eigenvalue weighted by atomic mass is 35.5. The second-order valence-electron chi connectivity index (χ2n) is 5.76. The van der Waals surface area contributed by atoms with E-state index < -0.39 is 12.1 Å². The van der Waals surface area contributed by atoms with E-state index in [-0.39, 0.29) is 5.91 Å². The first kappa shape index (κ1) is 20.6. The average Bonchev–Trinajstić information content (AvgIpc) is 2.66. The van der Waals surface area contributed by atoms with Gasteiger partial charge in [-0.1, -0.05) is 18.5 Å². The van der Waals surface area contributed by atoms with Gasteiger partial charge in [-0.2, -0.15) is 0 Å². The molecule has 0 aliphatic carbocycles. The lowest BCUT2D eigenvalue weighted by molar-refractivity contribution is -0.151. The van der Waals surface area contributed by atoms with Crippen molar-refractivity contribution in [2.75, 3.05) is 19.0 Å². The van der Waals surface area contributed by atoms with E-state index in [0.29, 0.717) is 34.4 Å². The Morgan fingerprint density at radius 3 is 2.44 bits per heavy atom. The molecule has 7 heteroatoms. The number of amides is 1. The Bertz CT molecular complexity index is 791. The van der Waals surface area contributed by atoms with Crippen molar-refractivity contribution >= 4 is 29.2 Å². The minimum atomic E-state index is -0.724. The van der Waals surface area contributed by atoms with Gasteiger partial charge in [-0.05, 0) is 55.8 Å². The van der Waals surface area contributed by atoms with E-state index in [1.807, 2.05) is 6.92 Å². The van der Waals surface area contributed by atoms with Crippen LogP contribution in [0.2, 0.25) is 5.02 Å². The Kier molecular flexibility index (Phi) is 7.49. The molecule has 0 unspecified atom stereocenters. The third kappa shape index (κ3) is 5.89. The number of halogens is 1. The fraction of sp³-hybridized carbons (Fsp3) is 0.300. The summed E-state index contributed by atoms with van der Waals surface area (Å²) in [6.45, 7) is 3.90. The summed E-state index contributed by atoms with van der Waals surface area (Å²) < 4.78 is 15.6. The van der Waals surface area contributed by atoms with Crippen molar-refractivity contribution in [2.45, 2.75) is 26.4 Å². The molecule has 2 aromatic rings. The number of ether oxygens (including phenoxy) is 3. The number of esters is 1. The van der Waals surface area contributed by atoms with Gasteiger partial charge in [0.2, 0.25) is 0 Å². The molecule has 0 bridgehead atoms. The number of methoxy groups -OCH3 is 1. The molecule has 1 N–H and O–H groups in total. The summed E-state index contributed by atoms with van der Waals surface area (Å²) in [5.74, 6) is 0.288. The summed E-state index contributed by atoms with van der Waals surface area (Å²) in [7, 11) is 1.52. The van der Waals surface area contributed by atoms with E-state index >= 15 is 0 Å². The molecule has 0 radical (unpaired) electrons. The number of rotatable bonds is 8. The van der Waals surface area contributed by atoms with Crippen LogP contribution < -0.4 is 14.8 Å². The zero-order chi connectivity index (χ0) is 19.8. The lowest BCUT2D eigenvalue weighted by Crippen LogP contribution is -2.26. The summed E-state index contributed by atoms with van der Waals surface area (Å²) in [6, 6.07) is 11.5. The molecular formula is C20H22ClNO5. The van der Waals surface area contributed by atoms with E-state index in [1.54, 1.807) is 49.4 Å². The predicted molar refractivity (Wildman–Crippen MR) is 104 cm³/mol. The van der Waals surface area contributed by atoms with Gasteiger partial charge in [-0.15, -0.1) is 0 Å². The molecule has 0 saturated heterocycles. The lowest BCUT2D eigenvalue weighted by atomic mass is 10.2.